The number of amides is 1. The highest BCUT2D eigenvalue weighted by molar-refractivity contribution is 9.10. The molecule has 19 heavy (non-hydrogen) atoms. The lowest BCUT2D eigenvalue weighted by molar-refractivity contribution is -0.0690. The molecule has 0 aromatic heterocycles. The maximum Gasteiger partial charge on any atom is 0.257 e. The molecule has 1 saturated carbocycles. The van der Waals surface area contributed by atoms with Crippen LogP contribution in [0.2, 0.25) is 0 Å². The van der Waals surface area contributed by atoms with Gasteiger partial charge in [-0.2, -0.15) is 0 Å². The summed E-state index contributed by atoms with van der Waals surface area (Å²) in [7, 11) is 0. The van der Waals surface area contributed by atoms with Crippen molar-refractivity contribution < 1.29 is 18.7 Å². The first-order valence-corrected chi connectivity index (χ1v) is 6.66. The van der Waals surface area contributed by atoms with E-state index in [2.05, 4.69) is 21.2 Å². The second kappa shape index (κ2) is 4.83. The highest BCUT2D eigenvalue weighted by Gasteiger charge is 2.48. The Morgan fingerprint density at radius 3 is 2.37 bits per heavy atom. The first-order valence-electron chi connectivity index (χ1n) is 5.87. The normalized spacial score (nSPS) is 24.7. The van der Waals surface area contributed by atoms with Crippen molar-refractivity contribution in [1.29, 1.82) is 0 Å². The average Bonchev–Trinajstić information content (AvgIpc) is 2.27. The topological polar surface area (TPSA) is 49.3 Å². The molecule has 2 atom stereocenters. The zero-order chi connectivity index (χ0) is 14.4. The smallest absolute Gasteiger partial charge is 0.257 e. The highest BCUT2D eigenvalue weighted by atomic mass is 79.9. The van der Waals surface area contributed by atoms with Crippen LogP contribution in [0.4, 0.5) is 8.78 Å². The molecule has 2 N–H and O–H groups in total. The molecule has 1 aliphatic carbocycles. The number of aliphatic hydroxyl groups excluding tert-OH is 1. The van der Waals surface area contributed by atoms with E-state index in [4.69, 9.17) is 0 Å². The number of aliphatic hydroxyl groups is 1. The Morgan fingerprint density at radius 2 is 1.95 bits per heavy atom. The number of hydrogen-bond donors (Lipinski definition) is 2. The van der Waals surface area contributed by atoms with Crippen molar-refractivity contribution in [2.24, 2.45) is 5.41 Å². The van der Waals surface area contributed by atoms with Crippen LogP contribution < -0.4 is 5.32 Å². The predicted octanol–water partition coefficient (Wildman–Crippen LogP) is 2.62. The minimum atomic E-state index is -0.915. The van der Waals surface area contributed by atoms with Crippen molar-refractivity contribution in [3.63, 3.8) is 0 Å². The molecule has 0 radical (unpaired) electrons. The standard InChI is InChI=1S/C13H14BrF2NO2/c1-13(2)9(5-10(13)18)17-12(19)11-7(15)3-6(14)4-8(11)16/h3-4,9-10,18H,5H2,1-2H3,(H,17,19). The number of carbonyl (C=O) groups excluding carboxylic acids is 1. The minimum Gasteiger partial charge on any atom is -0.392 e. The number of hydrogen-bond acceptors (Lipinski definition) is 2. The van der Waals surface area contributed by atoms with Crippen molar-refractivity contribution in [1.82, 2.24) is 5.32 Å². The van der Waals surface area contributed by atoms with Gasteiger partial charge >= 0.3 is 0 Å². The summed E-state index contributed by atoms with van der Waals surface area (Å²) in [4.78, 5) is 11.9. The van der Waals surface area contributed by atoms with Crippen LogP contribution in [-0.2, 0) is 0 Å². The van der Waals surface area contributed by atoms with Gasteiger partial charge in [-0.25, -0.2) is 8.78 Å². The van der Waals surface area contributed by atoms with Gasteiger partial charge in [-0.3, -0.25) is 4.79 Å². The summed E-state index contributed by atoms with van der Waals surface area (Å²) in [6, 6.07) is 1.79. The van der Waals surface area contributed by atoms with Crippen LogP contribution in [0, 0.1) is 17.0 Å². The zero-order valence-corrected chi connectivity index (χ0v) is 12.1. The third kappa shape index (κ3) is 2.51. The fourth-order valence-corrected chi connectivity index (χ4v) is 2.54. The van der Waals surface area contributed by atoms with Crippen LogP contribution in [-0.4, -0.2) is 23.2 Å². The average molecular weight is 334 g/mol. The maximum atomic E-state index is 13.6. The Morgan fingerprint density at radius 1 is 1.42 bits per heavy atom. The summed E-state index contributed by atoms with van der Waals surface area (Å²) in [6.07, 6.45) is -0.129. The third-order valence-electron chi connectivity index (χ3n) is 3.76. The first-order chi connectivity index (χ1) is 8.73. The Labute approximate surface area is 118 Å². The van der Waals surface area contributed by atoms with Gasteiger partial charge in [0.05, 0.1) is 6.10 Å². The summed E-state index contributed by atoms with van der Waals surface area (Å²) in [6.45, 7) is 3.58. The number of rotatable bonds is 2. The number of carbonyl (C=O) groups is 1. The summed E-state index contributed by atoms with van der Waals surface area (Å²) in [5.41, 5.74) is -1.08. The lowest BCUT2D eigenvalue weighted by Gasteiger charge is -2.49. The van der Waals surface area contributed by atoms with E-state index >= 15 is 0 Å². The van der Waals surface area contributed by atoms with E-state index in [1.807, 2.05) is 0 Å². The molecule has 3 nitrogen and oxygen atoms in total. The predicted molar refractivity (Wildman–Crippen MR) is 69.7 cm³/mol. The lowest BCUT2D eigenvalue weighted by atomic mass is 9.64. The van der Waals surface area contributed by atoms with Gasteiger partial charge in [0, 0.05) is 15.9 Å². The van der Waals surface area contributed by atoms with E-state index in [0.29, 0.717) is 6.42 Å². The summed E-state index contributed by atoms with van der Waals surface area (Å²) in [5, 5.41) is 12.1. The molecule has 1 aliphatic rings. The fourth-order valence-electron chi connectivity index (χ4n) is 2.14. The highest BCUT2D eigenvalue weighted by Crippen LogP contribution is 2.40. The van der Waals surface area contributed by atoms with Gasteiger partial charge in [0.1, 0.15) is 17.2 Å². The fraction of sp³-hybridized carbons (Fsp3) is 0.462. The second-order valence-electron chi connectivity index (χ2n) is 5.34. The van der Waals surface area contributed by atoms with Gasteiger partial charge in [-0.1, -0.05) is 29.8 Å². The molecule has 0 bridgehead atoms. The number of nitrogens with one attached hydrogen (secondary N) is 1. The third-order valence-corrected chi connectivity index (χ3v) is 4.21. The largest absolute Gasteiger partial charge is 0.392 e. The van der Waals surface area contributed by atoms with Crippen LogP contribution in [0.3, 0.4) is 0 Å². The molecule has 2 unspecified atom stereocenters. The maximum absolute atomic E-state index is 13.6. The van der Waals surface area contributed by atoms with Crippen LogP contribution in [0.15, 0.2) is 16.6 Å². The van der Waals surface area contributed by atoms with E-state index in [9.17, 15) is 18.7 Å². The second-order valence-corrected chi connectivity index (χ2v) is 6.26. The molecule has 0 saturated heterocycles. The number of halogens is 3. The molecule has 1 amide bonds. The zero-order valence-electron chi connectivity index (χ0n) is 10.5. The molecule has 1 aromatic carbocycles. The molecule has 1 aromatic rings. The molecule has 1 fully saturated rings. The van der Waals surface area contributed by atoms with E-state index in [1.54, 1.807) is 13.8 Å². The van der Waals surface area contributed by atoms with Gasteiger partial charge in [0.25, 0.3) is 5.91 Å². The molecule has 0 spiro atoms. The molecule has 104 valence electrons. The van der Waals surface area contributed by atoms with Gasteiger partial charge in [-0.15, -0.1) is 0 Å². The monoisotopic (exact) mass is 333 g/mol. The summed E-state index contributed by atoms with van der Waals surface area (Å²) in [5.74, 6) is -2.63. The van der Waals surface area contributed by atoms with E-state index in [-0.39, 0.29) is 10.5 Å². The summed E-state index contributed by atoms with van der Waals surface area (Å²) >= 11 is 2.95. The molecule has 2 rings (SSSR count). The van der Waals surface area contributed by atoms with E-state index < -0.39 is 34.6 Å². The minimum absolute atomic E-state index is 0.235. The van der Waals surface area contributed by atoms with Crippen LogP contribution in [0.5, 0.6) is 0 Å². The molecule has 0 heterocycles. The summed E-state index contributed by atoms with van der Waals surface area (Å²) < 4.78 is 27.5. The first kappa shape index (κ1) is 14.4. The van der Waals surface area contributed by atoms with Gasteiger partial charge in [0.15, 0.2) is 0 Å². The molecular formula is C13H14BrF2NO2. The van der Waals surface area contributed by atoms with Gasteiger partial charge in [0.2, 0.25) is 0 Å². The van der Waals surface area contributed by atoms with Crippen molar-refractivity contribution in [2.75, 3.05) is 0 Å². The van der Waals surface area contributed by atoms with E-state index in [0.717, 1.165) is 12.1 Å². The SMILES string of the molecule is CC1(C)C(O)CC1NC(=O)c1c(F)cc(Br)cc1F. The quantitative estimate of drug-likeness (QED) is 0.874. The van der Waals surface area contributed by atoms with Crippen LogP contribution in [0.1, 0.15) is 30.6 Å². The van der Waals surface area contributed by atoms with Gasteiger partial charge in [-0.05, 0) is 18.6 Å². The van der Waals surface area contributed by atoms with Crippen molar-refractivity contribution in [2.45, 2.75) is 32.4 Å². The Hall–Kier alpha value is -1.01. The Balaban J connectivity index is 2.18. The van der Waals surface area contributed by atoms with Crippen LogP contribution >= 0.6 is 15.9 Å². The van der Waals surface area contributed by atoms with Crippen molar-refractivity contribution in [3.05, 3.63) is 33.8 Å². The Bertz CT molecular complexity index is 510. The molecular weight excluding hydrogens is 320 g/mol. The lowest BCUT2D eigenvalue weighted by Crippen LogP contribution is -2.61. The van der Waals surface area contributed by atoms with Crippen molar-refractivity contribution in [3.8, 4) is 0 Å². The molecule has 0 aliphatic heterocycles. The van der Waals surface area contributed by atoms with Gasteiger partial charge < -0.3 is 10.4 Å². The van der Waals surface area contributed by atoms with E-state index in [1.165, 1.54) is 0 Å². The van der Waals surface area contributed by atoms with Crippen LogP contribution in [0.25, 0.3) is 0 Å². The number of benzene rings is 1. The molecule has 6 heteroatoms. The Kier molecular flexibility index (Phi) is 3.66. The van der Waals surface area contributed by atoms with Crippen molar-refractivity contribution >= 4 is 21.8 Å².